The predicted molar refractivity (Wildman–Crippen MR) is 147 cm³/mol. The molecule has 0 aromatic heterocycles. The minimum atomic E-state index is -0.647. The largest absolute Gasteiger partial charge is 0.390 e. The van der Waals surface area contributed by atoms with Gasteiger partial charge in [0, 0.05) is 43.8 Å². The highest BCUT2D eigenvalue weighted by Crippen LogP contribution is 2.59. The number of fused-ring (bicyclic) bond motifs is 1. The van der Waals surface area contributed by atoms with Crippen LogP contribution in [0.25, 0.3) is 5.57 Å². The van der Waals surface area contributed by atoms with Crippen LogP contribution in [0, 0.1) is 5.92 Å². The number of hydrogen-bond donors (Lipinski definition) is 3. The normalized spacial score (nSPS) is 33.4. The zero-order valence-electron chi connectivity index (χ0n) is 22.3. The molecule has 0 radical (unpaired) electrons. The second-order valence-electron chi connectivity index (χ2n) is 11.9. The van der Waals surface area contributed by atoms with Crippen molar-refractivity contribution in [1.82, 2.24) is 10.2 Å². The van der Waals surface area contributed by atoms with Gasteiger partial charge in [-0.1, -0.05) is 24.3 Å². The molecule has 2 saturated carbocycles. The Labute approximate surface area is 220 Å². The van der Waals surface area contributed by atoms with Crippen molar-refractivity contribution in [3.05, 3.63) is 52.9 Å². The first-order chi connectivity index (χ1) is 17.7. The van der Waals surface area contributed by atoms with Gasteiger partial charge in [-0.3, -0.25) is 9.69 Å². The number of hydrogen-bond acceptors (Lipinski definition) is 6. The average molecular weight is 507 g/mol. The number of amides is 1. The van der Waals surface area contributed by atoms with E-state index in [-0.39, 0.29) is 17.8 Å². The van der Waals surface area contributed by atoms with E-state index >= 15 is 0 Å². The van der Waals surface area contributed by atoms with Crippen molar-refractivity contribution < 1.29 is 14.6 Å². The zero-order valence-corrected chi connectivity index (χ0v) is 22.3. The van der Waals surface area contributed by atoms with E-state index in [4.69, 9.17) is 10.5 Å². The lowest BCUT2D eigenvalue weighted by molar-refractivity contribution is -0.118. The molecule has 2 aliphatic heterocycles. The summed E-state index contributed by atoms with van der Waals surface area (Å²) in [4.78, 5) is 19.7. The maximum Gasteiger partial charge on any atom is 0.255 e. The molecule has 37 heavy (non-hydrogen) atoms. The molecule has 4 fully saturated rings. The summed E-state index contributed by atoms with van der Waals surface area (Å²) in [6, 6.07) is 9.56. The number of allylic oxidation sites excluding steroid dienone is 1. The summed E-state index contributed by atoms with van der Waals surface area (Å²) >= 11 is 0. The van der Waals surface area contributed by atoms with Gasteiger partial charge in [-0.15, -0.1) is 0 Å². The van der Waals surface area contributed by atoms with Gasteiger partial charge in [-0.25, -0.2) is 4.99 Å². The number of carbonyl (C=O) groups excluding carboxylic acids is 1. The Morgan fingerprint density at radius 1 is 1.22 bits per heavy atom. The maximum absolute atomic E-state index is 13.1. The van der Waals surface area contributed by atoms with Crippen LogP contribution in [0.3, 0.4) is 0 Å². The standard InChI is InChI=1S/C30H42N4O3/c1-20(16-26(27(31)32-3)28(35)33-24-8-12-29(2,36)13-9-24)21-4-6-22(7-5-21)30-17-23(30)18-34(19-30)25-10-14-37-15-11-25/h4-7,16,23-25,36H,3,8-15,17-19,31H2,1-2H3,(H,33,35)/b20-16+,27-26+/t23-,24?,29?,30+/m0/s1. The van der Waals surface area contributed by atoms with Crippen LogP contribution in [0.1, 0.15) is 69.9 Å². The number of ether oxygens (including phenoxy) is 1. The number of nitrogens with one attached hydrogen (secondary N) is 1. The first-order valence-electron chi connectivity index (χ1n) is 13.8. The van der Waals surface area contributed by atoms with Crippen molar-refractivity contribution in [2.75, 3.05) is 26.3 Å². The second kappa shape index (κ2) is 10.4. The quantitative estimate of drug-likeness (QED) is 0.299. The molecule has 1 amide bonds. The van der Waals surface area contributed by atoms with E-state index in [1.54, 1.807) is 0 Å². The summed E-state index contributed by atoms with van der Waals surface area (Å²) in [5.74, 6) is 0.638. The fraction of sp³-hybridized carbons (Fsp3) is 0.600. The predicted octanol–water partition coefficient (Wildman–Crippen LogP) is 3.52. The highest BCUT2D eigenvalue weighted by atomic mass is 16.5. The number of nitrogens with two attached hydrogens (primary N) is 1. The molecule has 2 saturated heterocycles. The van der Waals surface area contributed by atoms with Crippen molar-refractivity contribution in [2.45, 2.75) is 81.9 Å². The molecule has 7 heteroatoms. The van der Waals surface area contributed by atoms with Gasteiger partial charge in [0.15, 0.2) is 0 Å². The molecule has 2 heterocycles. The van der Waals surface area contributed by atoms with E-state index < -0.39 is 5.60 Å². The fourth-order valence-electron chi connectivity index (χ4n) is 6.65. The van der Waals surface area contributed by atoms with Gasteiger partial charge in [-0.2, -0.15) is 0 Å². The first-order valence-corrected chi connectivity index (χ1v) is 13.8. The summed E-state index contributed by atoms with van der Waals surface area (Å²) < 4.78 is 5.57. The molecule has 1 aromatic carbocycles. The lowest BCUT2D eigenvalue weighted by Crippen LogP contribution is -2.42. The summed E-state index contributed by atoms with van der Waals surface area (Å²) in [7, 11) is 0. The third-order valence-corrected chi connectivity index (χ3v) is 9.24. The molecule has 5 rings (SSSR count). The fourth-order valence-corrected chi connectivity index (χ4v) is 6.65. The van der Waals surface area contributed by atoms with Crippen LogP contribution in [-0.4, -0.2) is 66.6 Å². The Bertz CT molecular complexity index is 1080. The minimum absolute atomic E-state index is 0.0196. The van der Waals surface area contributed by atoms with Crippen molar-refractivity contribution in [2.24, 2.45) is 16.6 Å². The zero-order chi connectivity index (χ0) is 26.2. The van der Waals surface area contributed by atoms with Crippen molar-refractivity contribution in [3.8, 4) is 0 Å². The van der Waals surface area contributed by atoms with Gasteiger partial charge < -0.3 is 20.9 Å². The number of likely N-dealkylation sites (tertiary alicyclic amines) is 1. The highest BCUT2D eigenvalue weighted by molar-refractivity contribution is 5.99. The van der Waals surface area contributed by atoms with Crippen molar-refractivity contribution >= 4 is 18.2 Å². The van der Waals surface area contributed by atoms with Crippen molar-refractivity contribution in [3.63, 3.8) is 0 Å². The number of carbonyl (C=O) groups is 1. The number of aliphatic imine (C=N–C) groups is 1. The second-order valence-corrected chi connectivity index (χ2v) is 11.9. The Balaban J connectivity index is 1.26. The third kappa shape index (κ3) is 5.54. The van der Waals surface area contributed by atoms with Gasteiger partial charge in [0.25, 0.3) is 5.91 Å². The monoisotopic (exact) mass is 506 g/mol. The molecule has 7 nitrogen and oxygen atoms in total. The number of benzene rings is 1. The third-order valence-electron chi connectivity index (χ3n) is 9.24. The lowest BCUT2D eigenvalue weighted by atomic mass is 9.83. The summed E-state index contributed by atoms with van der Waals surface area (Å²) in [5, 5.41) is 13.3. The summed E-state index contributed by atoms with van der Waals surface area (Å²) in [6.07, 6.45) is 8.22. The molecule has 4 N–H and O–H groups in total. The van der Waals surface area contributed by atoms with Crippen LogP contribution in [0.15, 0.2) is 46.7 Å². The Morgan fingerprint density at radius 2 is 1.89 bits per heavy atom. The number of nitrogens with zero attached hydrogens (tertiary/aromatic N) is 2. The van der Waals surface area contributed by atoms with E-state index in [9.17, 15) is 9.90 Å². The van der Waals surface area contributed by atoms with Crippen LogP contribution >= 0.6 is 0 Å². The van der Waals surface area contributed by atoms with Gasteiger partial charge in [0.2, 0.25) is 0 Å². The van der Waals surface area contributed by atoms with E-state index in [0.717, 1.165) is 62.5 Å². The smallest absolute Gasteiger partial charge is 0.255 e. The minimum Gasteiger partial charge on any atom is -0.390 e. The van der Waals surface area contributed by atoms with Gasteiger partial charge in [0.1, 0.15) is 5.82 Å². The molecule has 4 aliphatic rings. The van der Waals surface area contributed by atoms with Crippen LogP contribution in [-0.2, 0) is 14.9 Å². The Kier molecular flexibility index (Phi) is 7.31. The SMILES string of the molecule is C=N/C(N)=C(\C=C(/C)c1ccc([C@]23C[C@H]2CN(C2CCOCC2)C3)cc1)C(=O)NC1CCC(C)(O)CC1. The number of rotatable bonds is 7. The van der Waals surface area contributed by atoms with Crippen LogP contribution in [0.5, 0.6) is 0 Å². The van der Waals surface area contributed by atoms with Gasteiger partial charge >= 0.3 is 0 Å². The van der Waals surface area contributed by atoms with Crippen molar-refractivity contribution in [1.29, 1.82) is 0 Å². The van der Waals surface area contributed by atoms with E-state index in [1.165, 1.54) is 18.5 Å². The number of piperidine rings is 1. The molecule has 0 unspecified atom stereocenters. The average Bonchev–Trinajstić information content (AvgIpc) is 3.48. The Hall–Kier alpha value is -2.48. The van der Waals surface area contributed by atoms with Crippen LogP contribution in [0.4, 0.5) is 0 Å². The molecule has 200 valence electrons. The molecule has 0 bridgehead atoms. The van der Waals surface area contributed by atoms with Gasteiger partial charge in [0.05, 0.1) is 11.2 Å². The maximum atomic E-state index is 13.1. The van der Waals surface area contributed by atoms with E-state index in [2.05, 4.69) is 46.2 Å². The molecular weight excluding hydrogens is 464 g/mol. The molecular formula is C30H42N4O3. The first kappa shape index (κ1) is 26.1. The van der Waals surface area contributed by atoms with E-state index in [0.29, 0.717) is 29.9 Å². The lowest BCUT2D eigenvalue weighted by Gasteiger charge is -2.33. The van der Waals surface area contributed by atoms with Crippen LogP contribution in [0.2, 0.25) is 0 Å². The molecule has 1 aromatic rings. The molecule has 2 atom stereocenters. The highest BCUT2D eigenvalue weighted by Gasteiger charge is 2.61. The molecule has 0 spiro atoms. The van der Waals surface area contributed by atoms with E-state index in [1.807, 2.05) is 19.9 Å². The van der Waals surface area contributed by atoms with Crippen LogP contribution < -0.4 is 11.1 Å². The number of aliphatic hydroxyl groups is 1. The Morgan fingerprint density at radius 3 is 2.54 bits per heavy atom. The summed E-state index contributed by atoms with van der Waals surface area (Å²) in [6.45, 7) is 11.5. The molecule has 2 aliphatic carbocycles. The van der Waals surface area contributed by atoms with Gasteiger partial charge in [-0.05, 0) is 94.2 Å². The summed E-state index contributed by atoms with van der Waals surface area (Å²) in [5.41, 5.74) is 9.52. The topological polar surface area (TPSA) is 100 Å².